The summed E-state index contributed by atoms with van der Waals surface area (Å²) in [7, 11) is 1.34. The molecule has 3 aromatic rings. The first kappa shape index (κ1) is 18.3. The van der Waals surface area contributed by atoms with Crippen LogP contribution in [-0.2, 0) is 27.3 Å². The molecule has 0 spiro atoms. The lowest BCUT2D eigenvalue weighted by Gasteiger charge is -2.05. The zero-order chi connectivity index (χ0) is 18.5. The summed E-state index contributed by atoms with van der Waals surface area (Å²) >= 11 is 2.87. The number of fused-ring (bicyclic) bond motifs is 1. The van der Waals surface area contributed by atoms with Crippen LogP contribution in [0.25, 0.3) is 10.2 Å². The molecule has 3 rings (SSSR count). The summed E-state index contributed by atoms with van der Waals surface area (Å²) in [5.41, 5.74) is 0.812. The fourth-order valence-electron chi connectivity index (χ4n) is 2.45. The van der Waals surface area contributed by atoms with E-state index in [-0.39, 0.29) is 18.9 Å². The zero-order valence-corrected chi connectivity index (χ0v) is 16.1. The van der Waals surface area contributed by atoms with Crippen molar-refractivity contribution in [2.75, 3.05) is 13.7 Å². The first-order valence-electron chi connectivity index (χ1n) is 8.03. The number of thiazole rings is 1. The van der Waals surface area contributed by atoms with Gasteiger partial charge in [-0.2, -0.15) is 4.99 Å². The molecule has 2 aromatic heterocycles. The average Bonchev–Trinajstić information content (AvgIpc) is 3.23. The third kappa shape index (κ3) is 4.20. The van der Waals surface area contributed by atoms with Gasteiger partial charge < -0.3 is 14.0 Å². The van der Waals surface area contributed by atoms with Crippen LogP contribution in [0.3, 0.4) is 0 Å². The maximum Gasteiger partial charge on any atom is 0.325 e. The second-order valence-electron chi connectivity index (χ2n) is 5.37. The van der Waals surface area contributed by atoms with Crippen LogP contribution in [0.4, 0.5) is 0 Å². The normalized spacial score (nSPS) is 11.7. The number of nitrogens with zero attached hydrogens (tertiary/aromatic N) is 2. The predicted molar refractivity (Wildman–Crippen MR) is 102 cm³/mol. The molecule has 1 amide bonds. The van der Waals surface area contributed by atoms with Gasteiger partial charge in [-0.25, -0.2) is 0 Å². The van der Waals surface area contributed by atoms with Crippen molar-refractivity contribution in [3.63, 3.8) is 0 Å². The van der Waals surface area contributed by atoms with E-state index in [4.69, 9.17) is 9.47 Å². The summed E-state index contributed by atoms with van der Waals surface area (Å²) in [6.07, 6.45) is 0.244. The number of amides is 1. The number of esters is 1. The molecule has 6 nitrogen and oxygen atoms in total. The minimum absolute atomic E-state index is 0.00437. The van der Waals surface area contributed by atoms with Crippen molar-refractivity contribution in [1.29, 1.82) is 0 Å². The van der Waals surface area contributed by atoms with Crippen LogP contribution in [0.2, 0.25) is 0 Å². The van der Waals surface area contributed by atoms with Gasteiger partial charge in [-0.1, -0.05) is 17.4 Å². The third-order valence-electron chi connectivity index (χ3n) is 3.61. The van der Waals surface area contributed by atoms with Gasteiger partial charge in [0.2, 0.25) is 0 Å². The van der Waals surface area contributed by atoms with Crippen LogP contribution < -0.4 is 9.54 Å². The fourth-order valence-corrected chi connectivity index (χ4v) is 4.22. The van der Waals surface area contributed by atoms with Crippen molar-refractivity contribution in [3.8, 4) is 5.75 Å². The van der Waals surface area contributed by atoms with Gasteiger partial charge in [0, 0.05) is 4.88 Å². The van der Waals surface area contributed by atoms with Gasteiger partial charge in [0.1, 0.15) is 12.3 Å². The number of carbonyl (C=O) groups excluding carboxylic acids is 2. The highest BCUT2D eigenvalue weighted by Gasteiger charge is 2.13. The van der Waals surface area contributed by atoms with Crippen molar-refractivity contribution in [2.45, 2.75) is 19.9 Å². The molecule has 8 heteroatoms. The summed E-state index contributed by atoms with van der Waals surface area (Å²) in [6, 6.07) is 9.39. The summed E-state index contributed by atoms with van der Waals surface area (Å²) in [6.45, 7) is 2.48. The smallest absolute Gasteiger partial charge is 0.325 e. The van der Waals surface area contributed by atoms with E-state index in [1.807, 2.05) is 42.6 Å². The minimum atomic E-state index is -0.397. The average molecular weight is 390 g/mol. The van der Waals surface area contributed by atoms with Crippen molar-refractivity contribution >= 4 is 44.8 Å². The molecule has 0 N–H and O–H groups in total. The lowest BCUT2D eigenvalue weighted by molar-refractivity contribution is -0.141. The Morgan fingerprint density at radius 3 is 2.81 bits per heavy atom. The quantitative estimate of drug-likeness (QED) is 0.607. The molecular weight excluding hydrogens is 372 g/mol. The number of hydrogen-bond acceptors (Lipinski definition) is 6. The number of thiophene rings is 1. The highest BCUT2D eigenvalue weighted by Crippen LogP contribution is 2.23. The molecule has 0 aliphatic heterocycles. The van der Waals surface area contributed by atoms with E-state index in [1.54, 1.807) is 4.57 Å². The minimum Gasteiger partial charge on any atom is -0.494 e. The van der Waals surface area contributed by atoms with Crippen molar-refractivity contribution in [2.24, 2.45) is 4.99 Å². The molecule has 2 heterocycles. The van der Waals surface area contributed by atoms with E-state index >= 15 is 0 Å². The Balaban J connectivity index is 2.03. The molecule has 0 radical (unpaired) electrons. The third-order valence-corrected chi connectivity index (χ3v) is 5.52. The number of hydrogen-bond donors (Lipinski definition) is 0. The van der Waals surface area contributed by atoms with E-state index in [0.717, 1.165) is 20.8 Å². The molecule has 26 heavy (non-hydrogen) atoms. The highest BCUT2D eigenvalue weighted by molar-refractivity contribution is 7.16. The number of rotatable bonds is 6. The summed E-state index contributed by atoms with van der Waals surface area (Å²) < 4.78 is 12.9. The molecule has 0 fully saturated rings. The fraction of sp³-hybridized carbons (Fsp3) is 0.278. The molecule has 136 valence electrons. The van der Waals surface area contributed by atoms with Crippen molar-refractivity contribution < 1.29 is 19.1 Å². The van der Waals surface area contributed by atoms with Crippen LogP contribution in [0.15, 0.2) is 40.7 Å². The second-order valence-corrected chi connectivity index (χ2v) is 7.41. The lowest BCUT2D eigenvalue weighted by atomic mass is 10.3. The first-order chi connectivity index (χ1) is 12.6. The molecular formula is C18H18N2O4S2. The Kier molecular flexibility index (Phi) is 5.85. The Labute approximate surface area is 158 Å². The van der Waals surface area contributed by atoms with Crippen LogP contribution in [0, 0.1) is 0 Å². The van der Waals surface area contributed by atoms with Gasteiger partial charge in [-0.3, -0.25) is 9.59 Å². The molecule has 0 saturated heterocycles. The van der Waals surface area contributed by atoms with E-state index in [9.17, 15) is 9.59 Å². The molecule has 0 bridgehead atoms. The summed E-state index contributed by atoms with van der Waals surface area (Å²) in [5, 5.41) is 1.93. The van der Waals surface area contributed by atoms with Crippen LogP contribution in [-0.4, -0.2) is 30.2 Å². The molecule has 0 aliphatic rings. The second kappa shape index (κ2) is 8.29. The summed E-state index contributed by atoms with van der Waals surface area (Å²) in [5.74, 6) is 0.0938. The predicted octanol–water partition coefficient (Wildman–Crippen LogP) is 3.01. The molecule has 0 aliphatic carbocycles. The van der Waals surface area contributed by atoms with Gasteiger partial charge in [0.15, 0.2) is 4.80 Å². The monoisotopic (exact) mass is 390 g/mol. The number of methoxy groups -OCH3 is 1. The van der Waals surface area contributed by atoms with Gasteiger partial charge in [-0.05, 0) is 36.6 Å². The first-order valence-corrected chi connectivity index (χ1v) is 9.73. The summed E-state index contributed by atoms with van der Waals surface area (Å²) in [4.78, 5) is 29.8. The van der Waals surface area contributed by atoms with E-state index in [0.29, 0.717) is 11.4 Å². The van der Waals surface area contributed by atoms with Gasteiger partial charge in [-0.15, -0.1) is 11.3 Å². The Hall–Kier alpha value is -2.45. The van der Waals surface area contributed by atoms with Gasteiger partial charge >= 0.3 is 5.97 Å². The zero-order valence-electron chi connectivity index (χ0n) is 14.4. The number of aromatic nitrogens is 1. The van der Waals surface area contributed by atoms with Gasteiger partial charge in [0.05, 0.1) is 30.4 Å². The van der Waals surface area contributed by atoms with Crippen molar-refractivity contribution in [1.82, 2.24) is 4.57 Å². The van der Waals surface area contributed by atoms with E-state index < -0.39 is 5.97 Å². The standard InChI is InChI=1S/C18H18N2O4S2/c1-3-24-12-6-7-14-15(9-12)26-18(20(14)11-17(22)23-2)19-16(21)10-13-5-4-8-25-13/h4-9H,3,10-11H2,1-2H3. The number of benzene rings is 1. The molecule has 0 atom stereocenters. The Morgan fingerprint density at radius 1 is 1.27 bits per heavy atom. The van der Waals surface area contributed by atoms with Crippen molar-refractivity contribution in [3.05, 3.63) is 45.4 Å². The van der Waals surface area contributed by atoms with Gasteiger partial charge in [0.25, 0.3) is 5.91 Å². The largest absolute Gasteiger partial charge is 0.494 e. The lowest BCUT2D eigenvalue weighted by Crippen LogP contribution is -2.22. The number of ether oxygens (including phenoxy) is 2. The van der Waals surface area contributed by atoms with Crippen LogP contribution in [0.5, 0.6) is 5.75 Å². The Morgan fingerprint density at radius 2 is 2.12 bits per heavy atom. The highest BCUT2D eigenvalue weighted by atomic mass is 32.1. The number of carbonyl (C=O) groups is 2. The Bertz CT molecular complexity index is 986. The SMILES string of the molecule is CCOc1ccc2c(c1)sc(=NC(=O)Cc1cccs1)n2CC(=O)OC. The maximum atomic E-state index is 12.3. The van der Waals surface area contributed by atoms with E-state index in [2.05, 4.69) is 4.99 Å². The topological polar surface area (TPSA) is 69.9 Å². The van der Waals surface area contributed by atoms with Crippen LogP contribution >= 0.6 is 22.7 Å². The van der Waals surface area contributed by atoms with E-state index in [1.165, 1.54) is 29.8 Å². The molecule has 1 aromatic carbocycles. The maximum absolute atomic E-state index is 12.3. The molecule has 0 saturated carbocycles. The molecule has 0 unspecified atom stereocenters. The van der Waals surface area contributed by atoms with Crippen LogP contribution in [0.1, 0.15) is 11.8 Å².